The van der Waals surface area contributed by atoms with Crippen LogP contribution in [0.25, 0.3) is 0 Å². The maximum Gasteiger partial charge on any atom is 0.239 e. The smallest absolute Gasteiger partial charge is 0.239 e. The van der Waals surface area contributed by atoms with Crippen LogP contribution >= 0.6 is 0 Å². The highest BCUT2D eigenvalue weighted by Gasteiger charge is 2.21. The Morgan fingerprint density at radius 3 is 2.54 bits per heavy atom. The van der Waals surface area contributed by atoms with Crippen LogP contribution in [0.3, 0.4) is 0 Å². The Kier molecular flexibility index (Phi) is 5.11. The normalized spacial score (nSPS) is 18.4. The van der Waals surface area contributed by atoms with E-state index < -0.39 is 0 Å². The number of hydrogen-bond acceptors (Lipinski definition) is 5. The van der Waals surface area contributed by atoms with Crippen molar-refractivity contribution < 1.29 is 4.79 Å². The molecule has 26 heavy (non-hydrogen) atoms. The molecule has 2 aromatic rings. The fourth-order valence-corrected chi connectivity index (χ4v) is 3.52. The van der Waals surface area contributed by atoms with Crippen LogP contribution in [0.15, 0.2) is 42.7 Å². The summed E-state index contributed by atoms with van der Waals surface area (Å²) in [5.74, 6) is 2.32. The number of amides is 1. The van der Waals surface area contributed by atoms with E-state index in [1.54, 1.807) is 0 Å². The van der Waals surface area contributed by atoms with E-state index in [0.29, 0.717) is 18.3 Å². The third kappa shape index (κ3) is 4.02. The maximum atomic E-state index is 12.3. The van der Waals surface area contributed by atoms with Crippen LogP contribution in [0, 0.1) is 0 Å². The van der Waals surface area contributed by atoms with Crippen LogP contribution in [-0.2, 0) is 4.79 Å². The summed E-state index contributed by atoms with van der Waals surface area (Å²) in [6, 6.07) is 9.98. The quantitative estimate of drug-likeness (QED) is 0.897. The molecule has 1 aliphatic heterocycles. The summed E-state index contributed by atoms with van der Waals surface area (Å²) >= 11 is 0. The largest absolute Gasteiger partial charge is 0.354 e. The lowest BCUT2D eigenvalue weighted by molar-refractivity contribution is -0.117. The number of pyridine rings is 2. The summed E-state index contributed by atoms with van der Waals surface area (Å²) in [4.78, 5) is 25.5. The van der Waals surface area contributed by atoms with E-state index in [2.05, 4.69) is 31.2 Å². The van der Waals surface area contributed by atoms with Crippen LogP contribution in [0.4, 0.5) is 11.6 Å². The lowest BCUT2D eigenvalue weighted by Gasteiger charge is -2.34. The minimum absolute atomic E-state index is 0.000167. The molecule has 1 N–H and O–H groups in total. The standard InChI is InChI=1S/C20H25N5O/c26-20(23-18-8-7-17(14-22-18)16-4-3-5-16)15-24-10-12-25(13-11-24)19-6-1-2-9-21-19/h1-2,6-9,14,16H,3-5,10-13,15H2,(H,22,23,26). The van der Waals surface area contributed by atoms with E-state index in [9.17, 15) is 4.79 Å². The Hall–Kier alpha value is -2.47. The summed E-state index contributed by atoms with van der Waals surface area (Å²) < 4.78 is 0. The Bertz CT molecular complexity index is 722. The number of nitrogens with zero attached hydrogens (tertiary/aromatic N) is 4. The van der Waals surface area contributed by atoms with Gasteiger partial charge in [0.2, 0.25) is 5.91 Å². The molecule has 1 amide bonds. The zero-order valence-electron chi connectivity index (χ0n) is 15.0. The van der Waals surface area contributed by atoms with E-state index >= 15 is 0 Å². The van der Waals surface area contributed by atoms with Crippen molar-refractivity contribution in [2.45, 2.75) is 25.2 Å². The molecular formula is C20H25N5O. The van der Waals surface area contributed by atoms with Crippen LogP contribution in [0.5, 0.6) is 0 Å². The van der Waals surface area contributed by atoms with Gasteiger partial charge in [-0.2, -0.15) is 0 Å². The number of anilines is 2. The van der Waals surface area contributed by atoms with Gasteiger partial charge in [0.15, 0.2) is 0 Å². The molecule has 6 heteroatoms. The van der Waals surface area contributed by atoms with Gasteiger partial charge in [-0.15, -0.1) is 0 Å². The number of carbonyl (C=O) groups is 1. The number of aromatic nitrogens is 2. The van der Waals surface area contributed by atoms with Crippen molar-refractivity contribution in [3.8, 4) is 0 Å². The first kappa shape index (κ1) is 17.0. The molecule has 1 saturated heterocycles. The number of nitrogens with one attached hydrogen (secondary N) is 1. The van der Waals surface area contributed by atoms with Crippen LogP contribution < -0.4 is 10.2 Å². The van der Waals surface area contributed by atoms with Crippen molar-refractivity contribution in [1.82, 2.24) is 14.9 Å². The monoisotopic (exact) mass is 351 g/mol. The fourth-order valence-electron chi connectivity index (χ4n) is 3.52. The first-order chi connectivity index (χ1) is 12.8. The summed E-state index contributed by atoms with van der Waals surface area (Å²) in [6.45, 7) is 3.90. The molecule has 4 rings (SSSR count). The summed E-state index contributed by atoms with van der Waals surface area (Å²) in [5, 5.41) is 2.92. The second-order valence-electron chi connectivity index (χ2n) is 7.10. The van der Waals surface area contributed by atoms with E-state index in [-0.39, 0.29) is 5.91 Å². The Morgan fingerprint density at radius 1 is 1.08 bits per heavy atom. The summed E-state index contributed by atoms with van der Waals surface area (Å²) in [5.41, 5.74) is 1.29. The van der Waals surface area contributed by atoms with Crippen molar-refractivity contribution in [1.29, 1.82) is 0 Å². The van der Waals surface area contributed by atoms with E-state index in [0.717, 1.165) is 32.0 Å². The zero-order chi connectivity index (χ0) is 17.8. The number of rotatable bonds is 5. The topological polar surface area (TPSA) is 61.4 Å². The zero-order valence-corrected chi connectivity index (χ0v) is 15.0. The summed E-state index contributed by atoms with van der Waals surface area (Å²) in [6.07, 6.45) is 7.57. The Labute approximate surface area is 154 Å². The SMILES string of the molecule is O=C(CN1CCN(c2ccccn2)CC1)Nc1ccc(C2CCC2)cn1. The highest BCUT2D eigenvalue weighted by Crippen LogP contribution is 2.35. The van der Waals surface area contributed by atoms with Crippen molar-refractivity contribution >= 4 is 17.5 Å². The second kappa shape index (κ2) is 7.83. The van der Waals surface area contributed by atoms with E-state index in [1.165, 1.54) is 24.8 Å². The highest BCUT2D eigenvalue weighted by molar-refractivity contribution is 5.91. The van der Waals surface area contributed by atoms with Gasteiger partial charge in [0.05, 0.1) is 6.54 Å². The minimum Gasteiger partial charge on any atom is -0.354 e. The van der Waals surface area contributed by atoms with Gasteiger partial charge in [-0.05, 0) is 42.5 Å². The molecule has 0 unspecified atom stereocenters. The van der Waals surface area contributed by atoms with Gasteiger partial charge in [-0.1, -0.05) is 18.6 Å². The molecule has 0 bridgehead atoms. The minimum atomic E-state index is 0.000167. The van der Waals surface area contributed by atoms with Crippen molar-refractivity contribution in [3.05, 3.63) is 48.3 Å². The molecule has 3 heterocycles. The highest BCUT2D eigenvalue weighted by atomic mass is 16.2. The molecule has 2 aliphatic rings. The van der Waals surface area contributed by atoms with Crippen LogP contribution in [0.1, 0.15) is 30.7 Å². The van der Waals surface area contributed by atoms with Crippen molar-refractivity contribution in [2.75, 3.05) is 42.9 Å². The van der Waals surface area contributed by atoms with Crippen molar-refractivity contribution in [2.24, 2.45) is 0 Å². The molecule has 1 aliphatic carbocycles. The first-order valence-electron chi connectivity index (χ1n) is 9.42. The van der Waals surface area contributed by atoms with Crippen molar-refractivity contribution in [3.63, 3.8) is 0 Å². The molecule has 2 aromatic heterocycles. The molecule has 0 atom stereocenters. The molecule has 1 saturated carbocycles. The van der Waals surface area contributed by atoms with Gasteiger partial charge < -0.3 is 10.2 Å². The van der Waals surface area contributed by atoms with E-state index in [4.69, 9.17) is 0 Å². The predicted molar refractivity (Wildman–Crippen MR) is 102 cm³/mol. The van der Waals surface area contributed by atoms with Gasteiger partial charge in [-0.3, -0.25) is 9.69 Å². The number of hydrogen-bond donors (Lipinski definition) is 1. The molecule has 0 aromatic carbocycles. The molecule has 0 spiro atoms. The van der Waals surface area contributed by atoms with E-state index in [1.807, 2.05) is 36.7 Å². The van der Waals surface area contributed by atoms with Gasteiger partial charge in [0, 0.05) is 38.6 Å². The lowest BCUT2D eigenvalue weighted by atomic mass is 9.81. The van der Waals surface area contributed by atoms with Gasteiger partial charge in [0.25, 0.3) is 0 Å². The van der Waals surface area contributed by atoms with Gasteiger partial charge in [-0.25, -0.2) is 9.97 Å². The maximum absolute atomic E-state index is 12.3. The fraction of sp³-hybridized carbons (Fsp3) is 0.450. The third-order valence-corrected chi connectivity index (χ3v) is 5.34. The second-order valence-corrected chi connectivity index (χ2v) is 7.10. The first-order valence-corrected chi connectivity index (χ1v) is 9.42. The number of carbonyl (C=O) groups excluding carboxylic acids is 1. The molecular weight excluding hydrogens is 326 g/mol. The number of piperazine rings is 1. The summed E-state index contributed by atoms with van der Waals surface area (Å²) in [7, 11) is 0. The molecule has 0 radical (unpaired) electrons. The molecule has 136 valence electrons. The average Bonchev–Trinajstić information content (AvgIpc) is 2.63. The molecule has 6 nitrogen and oxygen atoms in total. The Morgan fingerprint density at radius 2 is 1.92 bits per heavy atom. The Balaban J connectivity index is 1.24. The third-order valence-electron chi connectivity index (χ3n) is 5.34. The van der Waals surface area contributed by atoms with Gasteiger partial charge in [0.1, 0.15) is 11.6 Å². The average molecular weight is 351 g/mol. The van der Waals surface area contributed by atoms with Crippen LogP contribution in [-0.4, -0.2) is 53.5 Å². The molecule has 2 fully saturated rings. The van der Waals surface area contributed by atoms with Gasteiger partial charge >= 0.3 is 0 Å². The predicted octanol–water partition coefficient (Wildman–Crippen LogP) is 2.50. The van der Waals surface area contributed by atoms with Crippen LogP contribution in [0.2, 0.25) is 0 Å². The lowest BCUT2D eigenvalue weighted by Crippen LogP contribution is -2.48.